The molecule has 38 heavy (non-hydrogen) atoms. The molecule has 0 spiro atoms. The van der Waals surface area contributed by atoms with Gasteiger partial charge in [-0.05, 0) is 68.0 Å². The molecule has 5 nitrogen and oxygen atoms in total. The van der Waals surface area contributed by atoms with Gasteiger partial charge < -0.3 is 14.2 Å². The van der Waals surface area contributed by atoms with Crippen molar-refractivity contribution in [2.45, 2.75) is 103 Å². The second kappa shape index (κ2) is 16.2. The third-order valence-electron chi connectivity index (χ3n) is 7.08. The van der Waals surface area contributed by atoms with Crippen molar-refractivity contribution in [3.63, 3.8) is 0 Å². The zero-order valence-corrected chi connectivity index (χ0v) is 23.0. The van der Waals surface area contributed by atoms with Crippen LogP contribution in [0.2, 0.25) is 0 Å². The fraction of sp³-hybridized carbons (Fsp3) is 0.562. The first-order valence-electron chi connectivity index (χ1n) is 14.4. The smallest absolute Gasteiger partial charge is 0.343 e. The Labute approximate surface area is 227 Å². The van der Waals surface area contributed by atoms with Crippen LogP contribution in [0, 0.1) is 11.7 Å². The molecular weight excluding hydrogens is 483 g/mol. The van der Waals surface area contributed by atoms with Gasteiger partial charge in [-0.25, -0.2) is 9.18 Å². The van der Waals surface area contributed by atoms with Crippen LogP contribution in [-0.2, 0) is 16.0 Å². The average Bonchev–Trinajstić information content (AvgIpc) is 3.26. The SMILES string of the molecule is CCCCCCCCOc1ccc(C(=O)Oc2ccc(C[C@@H]3C[C@@H](CCCCCC)OC3=O)cc2)cc1F. The van der Waals surface area contributed by atoms with Gasteiger partial charge in [0, 0.05) is 0 Å². The van der Waals surface area contributed by atoms with Gasteiger partial charge in [-0.2, -0.15) is 0 Å². The Morgan fingerprint density at radius 3 is 2.32 bits per heavy atom. The number of benzene rings is 2. The van der Waals surface area contributed by atoms with Gasteiger partial charge in [0.25, 0.3) is 0 Å². The first-order valence-corrected chi connectivity index (χ1v) is 14.4. The molecule has 1 aliphatic heterocycles. The maximum absolute atomic E-state index is 14.5. The van der Waals surface area contributed by atoms with Crippen LogP contribution < -0.4 is 9.47 Å². The highest BCUT2D eigenvalue weighted by Crippen LogP contribution is 2.29. The minimum atomic E-state index is -0.635. The third kappa shape index (κ3) is 9.77. The number of cyclic esters (lactones) is 1. The van der Waals surface area contributed by atoms with Crippen molar-refractivity contribution in [3.8, 4) is 11.5 Å². The van der Waals surface area contributed by atoms with E-state index >= 15 is 0 Å². The summed E-state index contributed by atoms with van der Waals surface area (Å²) in [6, 6.07) is 11.2. The van der Waals surface area contributed by atoms with Crippen LogP contribution in [-0.4, -0.2) is 24.6 Å². The van der Waals surface area contributed by atoms with E-state index in [4.69, 9.17) is 14.2 Å². The van der Waals surface area contributed by atoms with Crippen molar-refractivity contribution in [3.05, 3.63) is 59.4 Å². The van der Waals surface area contributed by atoms with Crippen molar-refractivity contribution >= 4 is 11.9 Å². The molecule has 0 saturated carbocycles. The number of hydrogen-bond acceptors (Lipinski definition) is 5. The van der Waals surface area contributed by atoms with Gasteiger partial charge in [0.05, 0.1) is 18.1 Å². The number of esters is 2. The van der Waals surface area contributed by atoms with Gasteiger partial charge >= 0.3 is 11.9 Å². The Hall–Kier alpha value is -2.89. The molecule has 0 unspecified atom stereocenters. The quantitative estimate of drug-likeness (QED) is 0.118. The van der Waals surface area contributed by atoms with Crippen molar-refractivity contribution in [2.75, 3.05) is 6.61 Å². The summed E-state index contributed by atoms with van der Waals surface area (Å²) in [5, 5.41) is 0. The van der Waals surface area contributed by atoms with Crippen molar-refractivity contribution in [1.29, 1.82) is 0 Å². The van der Waals surface area contributed by atoms with Crippen LogP contribution in [0.3, 0.4) is 0 Å². The molecule has 208 valence electrons. The van der Waals surface area contributed by atoms with Crippen LogP contribution >= 0.6 is 0 Å². The standard InChI is InChI=1S/C32H43FO5/c1-3-5-7-9-10-12-20-36-30-19-16-25(23-29(30)33)31(34)37-27-17-14-24(15-18-27)21-26-22-28(38-32(26)35)13-11-8-6-4-2/h14-19,23,26,28H,3-13,20-22H2,1-2H3/t26-,28-/m1/s1. The zero-order valence-electron chi connectivity index (χ0n) is 23.0. The summed E-state index contributed by atoms with van der Waals surface area (Å²) in [6.45, 7) is 4.82. The Morgan fingerprint density at radius 2 is 1.61 bits per heavy atom. The zero-order chi connectivity index (χ0) is 27.2. The van der Waals surface area contributed by atoms with E-state index in [2.05, 4.69) is 13.8 Å². The Morgan fingerprint density at radius 1 is 0.921 bits per heavy atom. The normalized spacial score (nSPS) is 16.9. The predicted molar refractivity (Wildman–Crippen MR) is 147 cm³/mol. The largest absolute Gasteiger partial charge is 0.491 e. The lowest BCUT2D eigenvalue weighted by Crippen LogP contribution is -2.11. The summed E-state index contributed by atoms with van der Waals surface area (Å²) in [6.07, 6.45) is 13.8. The molecule has 1 fully saturated rings. The summed E-state index contributed by atoms with van der Waals surface area (Å²) in [5.74, 6) is -0.956. The number of halogens is 1. The van der Waals surface area contributed by atoms with Gasteiger partial charge in [0.2, 0.25) is 0 Å². The second-order valence-corrected chi connectivity index (χ2v) is 10.3. The molecule has 0 amide bonds. The molecule has 6 heteroatoms. The molecule has 3 rings (SSSR count). The van der Waals surface area contributed by atoms with E-state index < -0.39 is 11.8 Å². The fourth-order valence-electron chi connectivity index (χ4n) is 4.82. The minimum Gasteiger partial charge on any atom is -0.491 e. The Balaban J connectivity index is 1.43. The molecule has 2 atom stereocenters. The minimum absolute atomic E-state index is 0.0253. The number of carbonyl (C=O) groups is 2. The maximum atomic E-state index is 14.5. The molecule has 1 aliphatic rings. The molecule has 2 aromatic rings. The molecule has 1 saturated heterocycles. The Bertz CT molecular complexity index is 1000. The number of hydrogen-bond donors (Lipinski definition) is 0. The van der Waals surface area contributed by atoms with E-state index in [1.54, 1.807) is 12.1 Å². The van der Waals surface area contributed by atoms with E-state index in [0.29, 0.717) is 18.8 Å². The van der Waals surface area contributed by atoms with Gasteiger partial charge in [0.1, 0.15) is 11.9 Å². The van der Waals surface area contributed by atoms with Crippen LogP contribution in [0.1, 0.15) is 107 Å². The van der Waals surface area contributed by atoms with Crippen molar-refractivity contribution < 1.29 is 28.2 Å². The summed E-state index contributed by atoms with van der Waals surface area (Å²) < 4.78 is 31.0. The summed E-state index contributed by atoms with van der Waals surface area (Å²) >= 11 is 0. The number of unbranched alkanes of at least 4 members (excludes halogenated alkanes) is 8. The maximum Gasteiger partial charge on any atom is 0.343 e. The monoisotopic (exact) mass is 526 g/mol. The van der Waals surface area contributed by atoms with Crippen molar-refractivity contribution in [1.82, 2.24) is 0 Å². The topological polar surface area (TPSA) is 61.8 Å². The molecule has 1 heterocycles. The van der Waals surface area contributed by atoms with Crippen LogP contribution in [0.4, 0.5) is 4.39 Å². The van der Waals surface area contributed by atoms with Crippen LogP contribution in [0.15, 0.2) is 42.5 Å². The molecule has 2 aromatic carbocycles. The van der Waals surface area contributed by atoms with Crippen LogP contribution in [0.5, 0.6) is 11.5 Å². The highest BCUT2D eigenvalue weighted by Gasteiger charge is 2.33. The Kier molecular flexibility index (Phi) is 12.6. The van der Waals surface area contributed by atoms with Gasteiger partial charge in [-0.1, -0.05) is 77.3 Å². The lowest BCUT2D eigenvalue weighted by Gasteiger charge is -2.10. The summed E-state index contributed by atoms with van der Waals surface area (Å²) in [5.41, 5.74) is 1.11. The van der Waals surface area contributed by atoms with E-state index in [1.807, 2.05) is 12.1 Å². The van der Waals surface area contributed by atoms with Crippen LogP contribution in [0.25, 0.3) is 0 Å². The lowest BCUT2D eigenvalue weighted by molar-refractivity contribution is -0.144. The van der Waals surface area contributed by atoms with E-state index in [-0.39, 0.29) is 29.3 Å². The van der Waals surface area contributed by atoms with Gasteiger partial charge in [-0.3, -0.25) is 4.79 Å². The highest BCUT2D eigenvalue weighted by molar-refractivity contribution is 5.91. The van der Waals surface area contributed by atoms with Gasteiger partial charge in [-0.15, -0.1) is 0 Å². The number of ether oxygens (including phenoxy) is 3. The van der Waals surface area contributed by atoms with E-state index in [9.17, 15) is 14.0 Å². The molecule has 0 aliphatic carbocycles. The second-order valence-electron chi connectivity index (χ2n) is 10.3. The summed E-state index contributed by atoms with van der Waals surface area (Å²) in [4.78, 5) is 24.8. The summed E-state index contributed by atoms with van der Waals surface area (Å²) in [7, 11) is 0. The lowest BCUT2D eigenvalue weighted by atomic mass is 9.94. The predicted octanol–water partition coefficient (Wildman–Crippen LogP) is 8.23. The molecular formula is C32H43FO5. The molecule has 0 N–H and O–H groups in total. The number of carbonyl (C=O) groups excluding carboxylic acids is 2. The van der Waals surface area contributed by atoms with Gasteiger partial charge in [0.15, 0.2) is 11.6 Å². The number of rotatable bonds is 17. The molecule has 0 bridgehead atoms. The molecule has 0 radical (unpaired) electrons. The highest BCUT2D eigenvalue weighted by atomic mass is 19.1. The molecule has 0 aromatic heterocycles. The first kappa shape index (κ1) is 29.7. The average molecular weight is 527 g/mol. The first-order chi connectivity index (χ1) is 18.5. The van der Waals surface area contributed by atoms with E-state index in [0.717, 1.165) is 50.2 Å². The third-order valence-corrected chi connectivity index (χ3v) is 7.08. The fourth-order valence-corrected chi connectivity index (χ4v) is 4.82. The van der Waals surface area contributed by atoms with E-state index in [1.165, 1.54) is 50.7 Å². The van der Waals surface area contributed by atoms with Crippen molar-refractivity contribution in [2.24, 2.45) is 5.92 Å².